The van der Waals surface area contributed by atoms with Gasteiger partial charge in [-0.3, -0.25) is 28.9 Å². The van der Waals surface area contributed by atoms with Crippen LogP contribution in [0.5, 0.6) is 0 Å². The number of likely N-dealkylation sites (tertiary alicyclic amines) is 1. The molecule has 0 aromatic heterocycles. The number of hydrogen-bond donors (Lipinski definition) is 6. The fourth-order valence-corrected chi connectivity index (χ4v) is 7.12. The van der Waals surface area contributed by atoms with E-state index in [1.165, 1.54) is 0 Å². The first-order valence-electron chi connectivity index (χ1n) is 18.2. The smallest absolute Gasteiger partial charge is 0.245 e. The number of fused-ring (bicyclic) bond motifs is 2. The molecule has 2 aromatic rings. The number of rotatable bonds is 19. The Kier molecular flexibility index (Phi) is 15.0. The van der Waals surface area contributed by atoms with Crippen LogP contribution in [0.2, 0.25) is 0 Å². The number of nitrogens with zero attached hydrogens (tertiary/aromatic N) is 2. The summed E-state index contributed by atoms with van der Waals surface area (Å²) in [6, 6.07) is 15.1. The molecule has 13 nitrogen and oxygen atoms in total. The van der Waals surface area contributed by atoms with Crippen LogP contribution in [0.3, 0.4) is 0 Å². The Morgan fingerprint density at radius 1 is 0.745 bits per heavy atom. The van der Waals surface area contributed by atoms with Crippen molar-refractivity contribution in [3.63, 3.8) is 0 Å². The number of nitrogens with one attached hydrogen (secondary N) is 3. The normalized spacial score (nSPS) is 19.5. The lowest BCUT2D eigenvalue weighted by Gasteiger charge is -2.41. The number of primary amides is 1. The van der Waals surface area contributed by atoms with E-state index in [1.807, 2.05) is 74.5 Å². The van der Waals surface area contributed by atoms with Gasteiger partial charge in [0.2, 0.25) is 29.5 Å². The van der Waals surface area contributed by atoms with E-state index in [0.717, 1.165) is 24.0 Å². The Labute approximate surface area is 301 Å². The lowest BCUT2D eigenvalue weighted by Crippen LogP contribution is -2.61. The highest BCUT2D eigenvalue weighted by molar-refractivity contribution is 5.95. The van der Waals surface area contributed by atoms with E-state index in [-0.39, 0.29) is 36.9 Å². The van der Waals surface area contributed by atoms with Gasteiger partial charge in [-0.05, 0) is 68.5 Å². The number of benzene rings is 2. The van der Waals surface area contributed by atoms with Gasteiger partial charge in [-0.25, -0.2) is 0 Å². The van der Waals surface area contributed by atoms with E-state index in [2.05, 4.69) is 20.9 Å². The molecule has 0 saturated carbocycles. The van der Waals surface area contributed by atoms with Crippen molar-refractivity contribution in [2.45, 2.75) is 101 Å². The van der Waals surface area contributed by atoms with E-state index in [0.29, 0.717) is 51.7 Å². The van der Waals surface area contributed by atoms with Gasteiger partial charge < -0.3 is 38.1 Å². The quantitative estimate of drug-likeness (QED) is 0.114. The van der Waals surface area contributed by atoms with Crippen LogP contribution in [-0.4, -0.2) is 102 Å². The highest BCUT2D eigenvalue weighted by Gasteiger charge is 2.43. The minimum Gasteiger partial charge on any atom is -0.369 e. The molecule has 6 unspecified atom stereocenters. The Morgan fingerprint density at radius 3 is 1.82 bits per heavy atom. The van der Waals surface area contributed by atoms with Crippen LogP contribution in [0.4, 0.5) is 0 Å². The summed E-state index contributed by atoms with van der Waals surface area (Å²) >= 11 is 0. The summed E-state index contributed by atoms with van der Waals surface area (Å²) in [7, 11) is 0. The molecule has 2 aliphatic rings. The first-order chi connectivity index (χ1) is 24.4. The van der Waals surface area contributed by atoms with Crippen molar-refractivity contribution in [3.8, 4) is 0 Å². The van der Waals surface area contributed by atoms with Crippen molar-refractivity contribution in [1.29, 1.82) is 0 Å². The SMILES string of the molecule is CC(C)CC(NC(=O)C(Cc1ccccc1)NC(=O)C(N)Cc1ccccc1)C(=O)NC(CCCCN)C(=O)N1CC2CCC(C1)N2CC(N)=O. The Balaban J connectivity index is 1.48. The fraction of sp³-hybridized carbons (Fsp3) is 0.553. The molecule has 2 bridgehead atoms. The van der Waals surface area contributed by atoms with E-state index < -0.39 is 47.8 Å². The zero-order valence-electron chi connectivity index (χ0n) is 30.0. The van der Waals surface area contributed by atoms with Crippen LogP contribution in [-0.2, 0) is 36.8 Å². The van der Waals surface area contributed by atoms with Crippen LogP contribution in [0.15, 0.2) is 60.7 Å². The van der Waals surface area contributed by atoms with Crippen molar-refractivity contribution in [3.05, 3.63) is 71.8 Å². The molecular formula is C38H56N8O5. The van der Waals surface area contributed by atoms with E-state index in [9.17, 15) is 24.0 Å². The number of carbonyl (C=O) groups excluding carboxylic acids is 5. The van der Waals surface area contributed by atoms with Crippen LogP contribution in [0, 0.1) is 5.92 Å². The van der Waals surface area contributed by atoms with E-state index in [4.69, 9.17) is 17.2 Å². The van der Waals surface area contributed by atoms with Gasteiger partial charge in [-0.15, -0.1) is 0 Å². The minimum atomic E-state index is -1.00. The molecule has 2 aliphatic heterocycles. The molecule has 278 valence electrons. The molecule has 2 heterocycles. The molecule has 6 atom stereocenters. The maximum absolute atomic E-state index is 14.0. The van der Waals surface area contributed by atoms with Crippen LogP contribution in [0.25, 0.3) is 0 Å². The Bertz CT molecular complexity index is 1440. The molecule has 0 spiro atoms. The van der Waals surface area contributed by atoms with Gasteiger partial charge in [0, 0.05) is 31.6 Å². The van der Waals surface area contributed by atoms with Crippen LogP contribution < -0.4 is 33.2 Å². The van der Waals surface area contributed by atoms with Gasteiger partial charge in [-0.1, -0.05) is 74.5 Å². The highest BCUT2D eigenvalue weighted by Crippen LogP contribution is 2.30. The Hall–Kier alpha value is -4.33. The molecule has 51 heavy (non-hydrogen) atoms. The number of piperazine rings is 1. The lowest BCUT2D eigenvalue weighted by atomic mass is 9.99. The topological polar surface area (TPSA) is 206 Å². The summed E-state index contributed by atoms with van der Waals surface area (Å²) in [6.07, 6.45) is 4.26. The predicted molar refractivity (Wildman–Crippen MR) is 196 cm³/mol. The summed E-state index contributed by atoms with van der Waals surface area (Å²) in [5.74, 6) is -2.01. The summed E-state index contributed by atoms with van der Waals surface area (Å²) < 4.78 is 0. The third kappa shape index (κ3) is 11.9. The molecule has 2 fully saturated rings. The summed E-state index contributed by atoms with van der Waals surface area (Å²) in [4.78, 5) is 70.8. The van der Waals surface area contributed by atoms with Crippen molar-refractivity contribution in [1.82, 2.24) is 25.8 Å². The molecule has 4 rings (SSSR count). The number of nitrogens with two attached hydrogens (primary N) is 3. The van der Waals surface area contributed by atoms with Crippen LogP contribution in [0.1, 0.15) is 63.5 Å². The molecule has 0 aliphatic carbocycles. The van der Waals surface area contributed by atoms with Gasteiger partial charge >= 0.3 is 0 Å². The van der Waals surface area contributed by atoms with Gasteiger partial charge in [0.15, 0.2) is 0 Å². The third-order valence-corrected chi connectivity index (χ3v) is 9.74. The monoisotopic (exact) mass is 704 g/mol. The summed E-state index contributed by atoms with van der Waals surface area (Å²) in [5.41, 5.74) is 19.2. The largest absolute Gasteiger partial charge is 0.369 e. The fourth-order valence-electron chi connectivity index (χ4n) is 7.12. The van der Waals surface area contributed by atoms with Gasteiger partial charge in [0.25, 0.3) is 0 Å². The number of unbranched alkanes of at least 4 members (excludes halogenated alkanes) is 1. The second-order valence-corrected chi connectivity index (χ2v) is 14.4. The average Bonchev–Trinajstić information content (AvgIpc) is 3.31. The van der Waals surface area contributed by atoms with Gasteiger partial charge in [-0.2, -0.15) is 0 Å². The Morgan fingerprint density at radius 2 is 1.27 bits per heavy atom. The second kappa shape index (κ2) is 19.3. The molecule has 9 N–H and O–H groups in total. The predicted octanol–water partition coefficient (Wildman–Crippen LogP) is 0.589. The molecule has 2 saturated heterocycles. The third-order valence-electron chi connectivity index (χ3n) is 9.74. The maximum Gasteiger partial charge on any atom is 0.245 e. The van der Waals surface area contributed by atoms with E-state index in [1.54, 1.807) is 4.90 Å². The molecular weight excluding hydrogens is 648 g/mol. The molecule has 13 heteroatoms. The number of amides is 5. The lowest BCUT2D eigenvalue weighted by molar-refractivity contribution is -0.140. The standard InChI is InChI=1S/C38H56N8O5/c1-25(2)19-32(36(49)42-31(15-9-10-18-39)38(51)45-22-28-16-17-29(23-45)46(28)24-34(41)47)44-37(50)33(21-27-13-7-4-8-14-27)43-35(48)30(40)20-26-11-5-3-6-12-26/h3-8,11-14,25,28-33H,9-10,15-24,39-40H2,1-2H3,(H2,41,47)(H,42,49)(H,43,48)(H,44,50). The summed E-state index contributed by atoms with van der Waals surface area (Å²) in [5, 5.41) is 8.71. The first-order valence-corrected chi connectivity index (χ1v) is 18.2. The average molecular weight is 705 g/mol. The zero-order chi connectivity index (χ0) is 36.9. The van der Waals surface area contributed by atoms with Crippen molar-refractivity contribution >= 4 is 29.5 Å². The molecule has 5 amide bonds. The highest BCUT2D eigenvalue weighted by atomic mass is 16.2. The van der Waals surface area contributed by atoms with Crippen molar-refractivity contribution in [2.75, 3.05) is 26.2 Å². The first kappa shape index (κ1) is 39.5. The number of hydrogen-bond acceptors (Lipinski definition) is 8. The minimum absolute atomic E-state index is 0.0304. The van der Waals surface area contributed by atoms with Crippen molar-refractivity contribution in [2.24, 2.45) is 23.1 Å². The maximum atomic E-state index is 14.0. The number of carbonyl (C=O) groups is 5. The summed E-state index contributed by atoms with van der Waals surface area (Å²) in [6.45, 7) is 5.42. The van der Waals surface area contributed by atoms with E-state index >= 15 is 0 Å². The van der Waals surface area contributed by atoms with Crippen molar-refractivity contribution < 1.29 is 24.0 Å². The van der Waals surface area contributed by atoms with Crippen LogP contribution >= 0.6 is 0 Å². The molecule has 0 radical (unpaired) electrons. The van der Waals surface area contributed by atoms with Gasteiger partial charge in [0.1, 0.15) is 18.1 Å². The second-order valence-electron chi connectivity index (χ2n) is 14.4. The molecule has 2 aromatic carbocycles. The zero-order valence-corrected chi connectivity index (χ0v) is 30.0. The van der Waals surface area contributed by atoms with Gasteiger partial charge in [0.05, 0.1) is 12.6 Å².